The maximum Gasteiger partial charge on any atom is 0.241 e. The van der Waals surface area contributed by atoms with E-state index in [9.17, 15) is 8.42 Å². The van der Waals surface area contributed by atoms with Crippen LogP contribution >= 0.6 is 11.6 Å². The van der Waals surface area contributed by atoms with E-state index in [1.54, 1.807) is 26.0 Å². The summed E-state index contributed by atoms with van der Waals surface area (Å²) in [5.74, 6) is 0.820. The Morgan fingerprint density at radius 2 is 1.96 bits per heavy atom. The number of nitrogens with zero attached hydrogens (tertiary/aromatic N) is 2. The molecule has 0 unspecified atom stereocenters. The molecule has 1 saturated carbocycles. The van der Waals surface area contributed by atoms with Crippen molar-refractivity contribution in [1.82, 2.24) is 14.9 Å². The van der Waals surface area contributed by atoms with Crippen LogP contribution in [0.4, 0.5) is 0 Å². The zero-order valence-corrected chi connectivity index (χ0v) is 14.5. The molecule has 1 heterocycles. The molecule has 0 saturated heterocycles. The molecule has 0 radical (unpaired) electrons. The van der Waals surface area contributed by atoms with Crippen molar-refractivity contribution < 1.29 is 12.9 Å². The van der Waals surface area contributed by atoms with Crippen LogP contribution in [0.25, 0.3) is 0 Å². The molecule has 1 aliphatic carbocycles. The highest BCUT2D eigenvalue weighted by Gasteiger charge is 2.43. The van der Waals surface area contributed by atoms with E-state index in [-0.39, 0.29) is 4.90 Å². The number of aromatic nitrogens is 2. The Kier molecular flexibility index (Phi) is 4.20. The fourth-order valence-corrected chi connectivity index (χ4v) is 4.95. The van der Waals surface area contributed by atoms with Gasteiger partial charge < -0.3 is 4.52 Å². The van der Waals surface area contributed by atoms with Gasteiger partial charge in [0.05, 0.1) is 10.4 Å². The second kappa shape index (κ2) is 5.89. The van der Waals surface area contributed by atoms with Crippen LogP contribution in [0.1, 0.15) is 43.0 Å². The number of hydrogen-bond acceptors (Lipinski definition) is 5. The van der Waals surface area contributed by atoms with Crippen molar-refractivity contribution in [2.24, 2.45) is 0 Å². The fourth-order valence-electron chi connectivity index (χ4n) is 3.02. The predicted molar refractivity (Wildman–Crippen MR) is 85.7 cm³/mol. The molecule has 0 bridgehead atoms. The standard InChI is InChI=1S/C15H18ClN3O3S/c1-10-5-6-12(16)9-13(10)23(20,21)19-15(7-3-4-8-15)14-17-11(2)22-18-14/h5-6,9,19H,3-4,7-8H2,1-2H3. The number of aryl methyl sites for hydroxylation is 2. The maximum absolute atomic E-state index is 12.9. The Morgan fingerprint density at radius 1 is 1.26 bits per heavy atom. The Hall–Kier alpha value is -1.44. The minimum Gasteiger partial charge on any atom is -0.340 e. The minimum absolute atomic E-state index is 0.177. The first kappa shape index (κ1) is 16.4. The topological polar surface area (TPSA) is 85.1 Å². The van der Waals surface area contributed by atoms with Crippen molar-refractivity contribution in [2.45, 2.75) is 50.0 Å². The lowest BCUT2D eigenvalue weighted by Gasteiger charge is -2.26. The fraction of sp³-hybridized carbons (Fsp3) is 0.467. The quantitative estimate of drug-likeness (QED) is 0.910. The second-order valence-electron chi connectivity index (χ2n) is 5.94. The van der Waals surface area contributed by atoms with Gasteiger partial charge in [-0.25, -0.2) is 8.42 Å². The SMILES string of the molecule is Cc1nc(C2(NS(=O)(=O)c3cc(Cl)ccc3C)CCCC2)no1. The van der Waals surface area contributed by atoms with Gasteiger partial charge in [0.25, 0.3) is 0 Å². The molecule has 0 amide bonds. The number of hydrogen-bond donors (Lipinski definition) is 1. The molecule has 1 fully saturated rings. The first-order chi connectivity index (χ1) is 10.8. The summed E-state index contributed by atoms with van der Waals surface area (Å²) in [4.78, 5) is 4.43. The lowest BCUT2D eigenvalue weighted by molar-refractivity contribution is 0.338. The molecule has 6 nitrogen and oxygen atoms in total. The Balaban J connectivity index is 2.01. The van der Waals surface area contributed by atoms with Gasteiger partial charge in [-0.3, -0.25) is 0 Å². The summed E-state index contributed by atoms with van der Waals surface area (Å²) in [5, 5.41) is 4.33. The van der Waals surface area contributed by atoms with Crippen LogP contribution in [0.15, 0.2) is 27.6 Å². The molecular formula is C15H18ClN3O3S. The van der Waals surface area contributed by atoms with Crippen molar-refractivity contribution in [2.75, 3.05) is 0 Å². The summed E-state index contributed by atoms with van der Waals surface area (Å²) < 4.78 is 33.6. The molecule has 3 rings (SSSR count). The average molecular weight is 356 g/mol. The monoisotopic (exact) mass is 355 g/mol. The zero-order chi connectivity index (χ0) is 16.7. The van der Waals surface area contributed by atoms with E-state index in [1.165, 1.54) is 6.07 Å². The van der Waals surface area contributed by atoms with E-state index in [1.807, 2.05) is 0 Å². The van der Waals surface area contributed by atoms with Crippen molar-refractivity contribution >= 4 is 21.6 Å². The van der Waals surface area contributed by atoms with Crippen molar-refractivity contribution in [3.8, 4) is 0 Å². The molecular weight excluding hydrogens is 338 g/mol. The Labute approximate surface area is 140 Å². The largest absolute Gasteiger partial charge is 0.340 e. The molecule has 124 valence electrons. The van der Waals surface area contributed by atoms with E-state index in [4.69, 9.17) is 16.1 Å². The van der Waals surface area contributed by atoms with E-state index in [0.717, 1.165) is 12.8 Å². The number of benzene rings is 1. The average Bonchev–Trinajstić information content (AvgIpc) is 3.11. The van der Waals surface area contributed by atoms with Gasteiger partial charge in [-0.2, -0.15) is 9.71 Å². The van der Waals surface area contributed by atoms with Gasteiger partial charge in [0.15, 0.2) is 5.82 Å². The van der Waals surface area contributed by atoms with Crippen molar-refractivity contribution in [1.29, 1.82) is 0 Å². The molecule has 1 aliphatic rings. The number of halogens is 1. The van der Waals surface area contributed by atoms with Gasteiger partial charge >= 0.3 is 0 Å². The Morgan fingerprint density at radius 3 is 2.57 bits per heavy atom. The molecule has 8 heteroatoms. The van der Waals surface area contributed by atoms with E-state index >= 15 is 0 Å². The predicted octanol–water partition coefficient (Wildman–Crippen LogP) is 3.09. The lowest BCUT2D eigenvalue weighted by Crippen LogP contribution is -2.44. The van der Waals surface area contributed by atoms with Crippen LogP contribution in [0, 0.1) is 13.8 Å². The molecule has 1 N–H and O–H groups in total. The number of nitrogens with one attached hydrogen (secondary N) is 1. The molecule has 1 aromatic heterocycles. The van der Waals surface area contributed by atoms with Crippen LogP contribution in [-0.2, 0) is 15.6 Å². The third-order valence-electron chi connectivity index (χ3n) is 4.18. The van der Waals surface area contributed by atoms with E-state index < -0.39 is 15.6 Å². The first-order valence-corrected chi connectivity index (χ1v) is 9.29. The van der Waals surface area contributed by atoms with Crippen LogP contribution in [-0.4, -0.2) is 18.6 Å². The smallest absolute Gasteiger partial charge is 0.241 e. The van der Waals surface area contributed by atoms with Gasteiger partial charge in [0, 0.05) is 11.9 Å². The maximum atomic E-state index is 12.9. The van der Waals surface area contributed by atoms with E-state index in [0.29, 0.717) is 35.1 Å². The van der Waals surface area contributed by atoms with Gasteiger partial charge in [-0.1, -0.05) is 35.7 Å². The highest BCUT2D eigenvalue weighted by Crippen LogP contribution is 2.39. The first-order valence-electron chi connectivity index (χ1n) is 7.43. The highest BCUT2D eigenvalue weighted by atomic mass is 35.5. The van der Waals surface area contributed by atoms with Crippen LogP contribution in [0.3, 0.4) is 0 Å². The molecule has 2 aromatic rings. The molecule has 0 atom stereocenters. The van der Waals surface area contributed by atoms with Gasteiger partial charge in [-0.15, -0.1) is 0 Å². The Bertz CT molecular complexity index is 826. The zero-order valence-electron chi connectivity index (χ0n) is 13.0. The normalized spacial score (nSPS) is 17.5. The van der Waals surface area contributed by atoms with Gasteiger partial charge in [0.2, 0.25) is 15.9 Å². The van der Waals surface area contributed by atoms with Crippen LogP contribution in [0.5, 0.6) is 0 Å². The summed E-state index contributed by atoms with van der Waals surface area (Å²) in [5.41, 5.74) is -0.176. The van der Waals surface area contributed by atoms with Crippen LogP contribution in [0.2, 0.25) is 5.02 Å². The summed E-state index contributed by atoms with van der Waals surface area (Å²) in [7, 11) is -3.75. The lowest BCUT2D eigenvalue weighted by atomic mass is 9.98. The molecule has 1 aromatic carbocycles. The molecule has 23 heavy (non-hydrogen) atoms. The summed E-state index contributed by atoms with van der Waals surface area (Å²) >= 11 is 5.96. The second-order valence-corrected chi connectivity index (χ2v) is 8.03. The van der Waals surface area contributed by atoms with E-state index in [2.05, 4.69) is 14.9 Å². The number of sulfonamides is 1. The van der Waals surface area contributed by atoms with Crippen molar-refractivity contribution in [3.63, 3.8) is 0 Å². The van der Waals surface area contributed by atoms with Gasteiger partial charge in [-0.05, 0) is 37.5 Å². The molecule has 0 aliphatic heterocycles. The van der Waals surface area contributed by atoms with Crippen LogP contribution < -0.4 is 4.72 Å². The summed E-state index contributed by atoms with van der Waals surface area (Å²) in [6.45, 7) is 3.43. The highest BCUT2D eigenvalue weighted by molar-refractivity contribution is 7.89. The number of rotatable bonds is 4. The van der Waals surface area contributed by atoms with Gasteiger partial charge in [0.1, 0.15) is 0 Å². The molecule has 0 spiro atoms. The third kappa shape index (κ3) is 3.13. The summed E-state index contributed by atoms with van der Waals surface area (Å²) in [6.07, 6.45) is 3.10. The van der Waals surface area contributed by atoms with Crippen molar-refractivity contribution in [3.05, 3.63) is 40.5 Å². The minimum atomic E-state index is -3.75. The third-order valence-corrected chi connectivity index (χ3v) is 6.10. The summed E-state index contributed by atoms with van der Waals surface area (Å²) in [6, 6.07) is 4.82.